The van der Waals surface area contributed by atoms with E-state index in [2.05, 4.69) is 0 Å². The number of alkyl halides is 2. The van der Waals surface area contributed by atoms with Gasteiger partial charge in [0.15, 0.2) is 0 Å². The average molecular weight is 256 g/mol. The number of halogens is 2. The third-order valence-corrected chi connectivity index (χ3v) is 3.44. The number of carbonyl (C=O) groups is 1. The average Bonchev–Trinajstić information content (AvgIpc) is 1.97. The van der Waals surface area contributed by atoms with Gasteiger partial charge in [0.2, 0.25) is 5.91 Å². The van der Waals surface area contributed by atoms with Crippen LogP contribution in [0.2, 0.25) is 0 Å². The first-order valence-corrected chi connectivity index (χ1v) is 6.08. The highest BCUT2D eigenvalue weighted by Gasteiger charge is 2.50. The van der Waals surface area contributed by atoms with Gasteiger partial charge in [-0.15, -0.1) is 0 Å². The molecule has 0 aliphatic carbocycles. The molecule has 0 radical (unpaired) electrons. The highest BCUT2D eigenvalue weighted by molar-refractivity contribution is 7.87. The van der Waals surface area contributed by atoms with Gasteiger partial charge in [-0.05, 0) is 0 Å². The van der Waals surface area contributed by atoms with Crippen molar-refractivity contribution in [2.75, 3.05) is 13.1 Å². The number of hydrogen-bond donors (Lipinski definition) is 1. The molecule has 1 fully saturated rings. The maximum absolute atomic E-state index is 12.5. The molecule has 0 bridgehead atoms. The summed E-state index contributed by atoms with van der Waals surface area (Å²) in [6.07, 6.45) is 0. The molecule has 8 heteroatoms. The van der Waals surface area contributed by atoms with Crippen molar-refractivity contribution < 1.29 is 22.0 Å². The van der Waals surface area contributed by atoms with Gasteiger partial charge in [-0.25, -0.2) is 13.5 Å². The van der Waals surface area contributed by atoms with Gasteiger partial charge in [-0.3, -0.25) is 4.79 Å². The van der Waals surface area contributed by atoms with Gasteiger partial charge in [-0.1, -0.05) is 20.8 Å². The molecule has 16 heavy (non-hydrogen) atoms. The second-order valence-corrected chi connectivity index (χ2v) is 6.48. The normalized spacial score (nSPS) is 21.3. The Kier molecular flexibility index (Phi) is 3.01. The number of nitrogens with zero attached hydrogens (tertiary/aromatic N) is 1. The first kappa shape index (κ1) is 13.3. The lowest BCUT2D eigenvalue weighted by Crippen LogP contribution is -2.62. The third-order valence-electron chi connectivity index (χ3n) is 2.06. The van der Waals surface area contributed by atoms with Crippen molar-refractivity contribution in [1.82, 2.24) is 9.03 Å². The second-order valence-electron chi connectivity index (χ2n) is 4.81. The minimum absolute atomic E-state index is 0.538. The summed E-state index contributed by atoms with van der Waals surface area (Å²) in [5.41, 5.74) is -0.888. The Morgan fingerprint density at radius 2 is 1.75 bits per heavy atom. The Hall–Kier alpha value is -0.760. The summed E-state index contributed by atoms with van der Waals surface area (Å²) in [6.45, 7) is 2.84. The lowest BCUT2D eigenvalue weighted by Gasteiger charge is -2.37. The second kappa shape index (κ2) is 3.63. The fraction of sp³-hybridized carbons (Fsp3) is 0.875. The van der Waals surface area contributed by atoms with E-state index in [4.69, 9.17) is 0 Å². The van der Waals surface area contributed by atoms with E-state index in [0.29, 0.717) is 4.31 Å². The summed E-state index contributed by atoms with van der Waals surface area (Å²) in [5.74, 6) is -3.71. The molecule has 0 spiro atoms. The Bertz CT molecular complexity index is 392. The van der Waals surface area contributed by atoms with Crippen molar-refractivity contribution in [3.63, 3.8) is 0 Å². The van der Waals surface area contributed by atoms with Gasteiger partial charge in [0.05, 0.1) is 13.1 Å². The van der Waals surface area contributed by atoms with Crippen molar-refractivity contribution in [2.45, 2.75) is 26.7 Å². The SMILES string of the molecule is CC(C)(C)C(=O)NS(=O)(=O)N1CC(F)(F)C1. The van der Waals surface area contributed by atoms with E-state index in [0.717, 1.165) is 0 Å². The zero-order chi connectivity index (χ0) is 12.8. The quantitative estimate of drug-likeness (QED) is 0.775. The van der Waals surface area contributed by atoms with Crippen LogP contribution in [0, 0.1) is 5.41 Å². The number of rotatable bonds is 2. The third kappa shape index (κ3) is 2.88. The zero-order valence-corrected chi connectivity index (χ0v) is 10.1. The summed E-state index contributed by atoms with van der Waals surface area (Å²) in [6, 6.07) is 0. The molecule has 0 atom stereocenters. The maximum atomic E-state index is 12.5. The molecule has 0 unspecified atom stereocenters. The van der Waals surface area contributed by atoms with Crippen molar-refractivity contribution in [3.05, 3.63) is 0 Å². The minimum atomic E-state index is -4.12. The Labute approximate surface area is 93.0 Å². The van der Waals surface area contributed by atoms with Crippen LogP contribution in [0.3, 0.4) is 0 Å². The molecule has 0 saturated carbocycles. The molecule has 94 valence electrons. The Morgan fingerprint density at radius 1 is 1.31 bits per heavy atom. The van der Waals surface area contributed by atoms with Crippen LogP contribution in [-0.2, 0) is 15.0 Å². The molecule has 1 rings (SSSR count). The van der Waals surface area contributed by atoms with E-state index in [1.165, 1.54) is 20.8 Å². The van der Waals surface area contributed by atoms with Crippen LogP contribution < -0.4 is 4.72 Å². The van der Waals surface area contributed by atoms with E-state index in [9.17, 15) is 22.0 Å². The predicted molar refractivity (Wildman–Crippen MR) is 53.0 cm³/mol. The highest BCUT2D eigenvalue weighted by atomic mass is 32.2. The van der Waals surface area contributed by atoms with Crippen molar-refractivity contribution in [2.24, 2.45) is 5.41 Å². The Morgan fingerprint density at radius 3 is 2.06 bits per heavy atom. The zero-order valence-electron chi connectivity index (χ0n) is 9.25. The van der Waals surface area contributed by atoms with Crippen LogP contribution in [0.1, 0.15) is 20.8 Å². The molecular formula is C8H14F2N2O3S. The summed E-state index contributed by atoms with van der Waals surface area (Å²) in [7, 11) is -4.12. The Balaban J connectivity index is 2.65. The molecule has 5 nitrogen and oxygen atoms in total. The van der Waals surface area contributed by atoms with Gasteiger partial charge in [-0.2, -0.15) is 12.7 Å². The van der Waals surface area contributed by atoms with Crippen molar-refractivity contribution in [1.29, 1.82) is 0 Å². The van der Waals surface area contributed by atoms with E-state index in [1.807, 2.05) is 0 Å². The highest BCUT2D eigenvalue weighted by Crippen LogP contribution is 2.28. The molecule has 1 saturated heterocycles. The molecule has 1 N–H and O–H groups in total. The topological polar surface area (TPSA) is 66.5 Å². The van der Waals surface area contributed by atoms with Gasteiger partial charge in [0.1, 0.15) is 0 Å². The van der Waals surface area contributed by atoms with E-state index < -0.39 is 40.5 Å². The minimum Gasteiger partial charge on any atom is -0.273 e. The largest absolute Gasteiger partial charge is 0.304 e. The predicted octanol–water partition coefficient (Wildman–Crippen LogP) is 0.344. The number of amides is 1. The molecule has 0 aromatic rings. The van der Waals surface area contributed by atoms with Gasteiger partial charge < -0.3 is 0 Å². The lowest BCUT2D eigenvalue weighted by molar-refractivity contribution is -0.127. The van der Waals surface area contributed by atoms with E-state index in [-0.39, 0.29) is 0 Å². The number of carbonyl (C=O) groups excluding carboxylic acids is 1. The van der Waals surface area contributed by atoms with Crippen molar-refractivity contribution in [3.8, 4) is 0 Å². The summed E-state index contributed by atoms with van der Waals surface area (Å²) < 4.78 is 50.1. The van der Waals surface area contributed by atoms with Crippen LogP contribution in [0.5, 0.6) is 0 Å². The molecule has 1 aliphatic rings. The smallest absolute Gasteiger partial charge is 0.273 e. The van der Waals surface area contributed by atoms with Crippen LogP contribution >= 0.6 is 0 Å². The molecular weight excluding hydrogens is 242 g/mol. The number of hydrogen-bond acceptors (Lipinski definition) is 3. The van der Waals surface area contributed by atoms with Crippen molar-refractivity contribution >= 4 is 16.1 Å². The van der Waals surface area contributed by atoms with Crippen LogP contribution in [0.4, 0.5) is 8.78 Å². The summed E-state index contributed by atoms with van der Waals surface area (Å²) >= 11 is 0. The lowest BCUT2D eigenvalue weighted by atomic mass is 9.96. The van der Waals surface area contributed by atoms with Crippen LogP contribution in [0.25, 0.3) is 0 Å². The fourth-order valence-corrected chi connectivity index (χ4v) is 2.36. The van der Waals surface area contributed by atoms with E-state index >= 15 is 0 Å². The van der Waals surface area contributed by atoms with Gasteiger partial charge in [0.25, 0.3) is 5.92 Å². The van der Waals surface area contributed by atoms with Crippen LogP contribution in [0.15, 0.2) is 0 Å². The monoisotopic (exact) mass is 256 g/mol. The first-order valence-electron chi connectivity index (χ1n) is 4.64. The molecule has 1 amide bonds. The summed E-state index contributed by atoms with van der Waals surface area (Å²) in [4.78, 5) is 11.4. The number of nitrogens with one attached hydrogen (secondary N) is 1. The van der Waals surface area contributed by atoms with E-state index in [1.54, 1.807) is 4.72 Å². The first-order chi connectivity index (χ1) is 6.94. The maximum Gasteiger partial charge on any atom is 0.304 e. The fourth-order valence-electron chi connectivity index (χ4n) is 0.974. The van der Waals surface area contributed by atoms with Gasteiger partial charge >= 0.3 is 10.2 Å². The van der Waals surface area contributed by atoms with Crippen LogP contribution in [-0.4, -0.2) is 37.6 Å². The molecule has 0 aromatic heterocycles. The molecule has 1 heterocycles. The molecule has 1 aliphatic heterocycles. The standard InChI is InChI=1S/C8H14F2N2O3S/c1-7(2,3)6(13)11-16(14,15)12-4-8(9,10)5-12/h4-5H2,1-3H3,(H,11,13). The molecule has 0 aromatic carbocycles. The van der Waals surface area contributed by atoms with Gasteiger partial charge in [0, 0.05) is 5.41 Å². The summed E-state index contributed by atoms with van der Waals surface area (Å²) in [5, 5.41) is 0.